The van der Waals surface area contributed by atoms with E-state index in [4.69, 9.17) is 4.74 Å². The Labute approximate surface area is 106 Å². The number of amides is 1. The molecule has 98 valence electrons. The number of ether oxygens (including phenoxy) is 1. The molecule has 0 aliphatic carbocycles. The highest BCUT2D eigenvalue weighted by Crippen LogP contribution is 2.30. The Kier molecular flexibility index (Phi) is 3.84. The van der Waals surface area contributed by atoms with E-state index in [0.717, 1.165) is 13.0 Å². The highest BCUT2D eigenvalue weighted by molar-refractivity contribution is 5.97. The summed E-state index contributed by atoms with van der Waals surface area (Å²) in [5, 5.41) is 15.6. The predicted molar refractivity (Wildman–Crippen MR) is 68.5 cm³/mol. The molecule has 1 atom stereocenters. The van der Waals surface area contributed by atoms with Gasteiger partial charge >= 0.3 is 0 Å². The molecule has 1 unspecified atom stereocenters. The van der Waals surface area contributed by atoms with Crippen LogP contribution in [0.1, 0.15) is 6.42 Å². The first-order valence-corrected chi connectivity index (χ1v) is 5.97. The van der Waals surface area contributed by atoms with E-state index >= 15 is 0 Å². The molecule has 1 aromatic carbocycles. The van der Waals surface area contributed by atoms with E-state index in [0.29, 0.717) is 18.8 Å². The number of rotatable bonds is 4. The van der Waals surface area contributed by atoms with E-state index in [1.807, 2.05) is 0 Å². The average Bonchev–Trinajstić information content (AvgIpc) is 2.82. The minimum Gasteiger partial charge on any atom is -0.506 e. The van der Waals surface area contributed by atoms with Crippen LogP contribution in [0.3, 0.4) is 0 Å². The molecular formula is C13H18N2O3. The summed E-state index contributed by atoms with van der Waals surface area (Å²) >= 11 is 0. The Morgan fingerprint density at radius 2 is 2.33 bits per heavy atom. The molecule has 1 aromatic rings. The maximum absolute atomic E-state index is 12.3. The zero-order chi connectivity index (χ0) is 13.0. The lowest BCUT2D eigenvalue weighted by Crippen LogP contribution is -2.41. The second-order valence-corrected chi connectivity index (χ2v) is 4.61. The van der Waals surface area contributed by atoms with Gasteiger partial charge in [-0.15, -0.1) is 0 Å². The summed E-state index contributed by atoms with van der Waals surface area (Å²) in [6.45, 7) is 1.78. The van der Waals surface area contributed by atoms with Crippen LogP contribution < -0.4 is 10.6 Å². The summed E-state index contributed by atoms with van der Waals surface area (Å²) in [6.07, 6.45) is 0.736. The van der Waals surface area contributed by atoms with Gasteiger partial charge in [0.25, 0.3) is 0 Å². The first kappa shape index (κ1) is 12.9. The van der Waals surface area contributed by atoms with Gasteiger partial charge in [-0.3, -0.25) is 4.79 Å². The molecule has 0 spiro atoms. The quantitative estimate of drug-likeness (QED) is 0.696. The zero-order valence-corrected chi connectivity index (χ0v) is 10.4. The van der Waals surface area contributed by atoms with Gasteiger partial charge in [0.2, 0.25) is 5.91 Å². The summed E-state index contributed by atoms with van der Waals surface area (Å²) in [6, 6.07) is 6.71. The number of nitrogens with one attached hydrogen (secondary N) is 2. The number of methoxy groups -OCH3 is 1. The van der Waals surface area contributed by atoms with Crippen LogP contribution in [0.25, 0.3) is 0 Å². The molecule has 0 aromatic heterocycles. The van der Waals surface area contributed by atoms with Crippen LogP contribution in [0.4, 0.5) is 5.69 Å². The summed E-state index contributed by atoms with van der Waals surface area (Å²) in [7, 11) is 1.59. The van der Waals surface area contributed by atoms with Crippen molar-refractivity contribution in [3.63, 3.8) is 0 Å². The fourth-order valence-corrected chi connectivity index (χ4v) is 2.24. The fourth-order valence-electron chi connectivity index (χ4n) is 2.24. The number of carbonyl (C=O) groups excluding carboxylic acids is 1. The second-order valence-electron chi connectivity index (χ2n) is 4.61. The summed E-state index contributed by atoms with van der Waals surface area (Å²) in [5.74, 6) is -0.0415. The van der Waals surface area contributed by atoms with Gasteiger partial charge in [0, 0.05) is 13.7 Å². The van der Waals surface area contributed by atoms with Gasteiger partial charge < -0.3 is 20.5 Å². The Hall–Kier alpha value is -1.59. The third kappa shape index (κ3) is 2.47. The number of benzene rings is 1. The predicted octanol–water partition coefficient (Wildman–Crippen LogP) is 0.957. The largest absolute Gasteiger partial charge is 0.506 e. The van der Waals surface area contributed by atoms with Crippen LogP contribution in [-0.4, -0.2) is 37.8 Å². The number of anilines is 1. The van der Waals surface area contributed by atoms with Crippen molar-refractivity contribution in [2.75, 3.05) is 32.1 Å². The molecular weight excluding hydrogens is 232 g/mol. The van der Waals surface area contributed by atoms with Crippen molar-refractivity contribution in [2.24, 2.45) is 5.41 Å². The first-order chi connectivity index (χ1) is 8.68. The van der Waals surface area contributed by atoms with Gasteiger partial charge in [-0.1, -0.05) is 12.1 Å². The van der Waals surface area contributed by atoms with Gasteiger partial charge in [-0.25, -0.2) is 0 Å². The van der Waals surface area contributed by atoms with Gasteiger partial charge in [0.1, 0.15) is 5.75 Å². The van der Waals surface area contributed by atoms with Crippen LogP contribution in [0.15, 0.2) is 24.3 Å². The van der Waals surface area contributed by atoms with Crippen molar-refractivity contribution in [1.82, 2.24) is 5.32 Å². The van der Waals surface area contributed by atoms with Gasteiger partial charge in [0.15, 0.2) is 0 Å². The van der Waals surface area contributed by atoms with Crippen LogP contribution >= 0.6 is 0 Å². The third-order valence-corrected chi connectivity index (χ3v) is 3.30. The molecule has 1 aliphatic rings. The highest BCUT2D eigenvalue weighted by atomic mass is 16.5. The topological polar surface area (TPSA) is 70.6 Å². The van der Waals surface area contributed by atoms with Crippen LogP contribution in [0, 0.1) is 5.41 Å². The smallest absolute Gasteiger partial charge is 0.234 e. The number of aromatic hydroxyl groups is 1. The first-order valence-electron chi connectivity index (χ1n) is 5.97. The Morgan fingerprint density at radius 1 is 1.56 bits per heavy atom. The molecule has 0 bridgehead atoms. The Balaban J connectivity index is 2.13. The summed E-state index contributed by atoms with van der Waals surface area (Å²) in [4.78, 5) is 12.3. The minimum atomic E-state index is -0.545. The normalized spacial score (nSPS) is 22.9. The fraction of sp³-hybridized carbons (Fsp3) is 0.462. The van der Waals surface area contributed by atoms with E-state index in [2.05, 4.69) is 10.6 Å². The van der Waals surface area contributed by atoms with Crippen LogP contribution in [0.2, 0.25) is 0 Å². The molecule has 2 rings (SSSR count). The molecule has 0 radical (unpaired) electrons. The number of hydrogen-bond acceptors (Lipinski definition) is 4. The molecule has 18 heavy (non-hydrogen) atoms. The van der Waals surface area contributed by atoms with Gasteiger partial charge in [0.05, 0.1) is 17.7 Å². The summed E-state index contributed by atoms with van der Waals surface area (Å²) < 4.78 is 5.15. The average molecular weight is 250 g/mol. The molecule has 5 nitrogen and oxygen atoms in total. The standard InChI is InChI=1S/C13H18N2O3/c1-18-9-13(6-7-14-8-13)12(17)15-10-4-2-3-5-11(10)16/h2-5,14,16H,6-9H2,1H3,(H,15,17). The van der Waals surface area contributed by atoms with E-state index in [-0.39, 0.29) is 11.7 Å². The van der Waals surface area contributed by atoms with E-state index < -0.39 is 5.41 Å². The Bertz CT molecular complexity index is 428. The lowest BCUT2D eigenvalue weighted by Gasteiger charge is -2.26. The lowest BCUT2D eigenvalue weighted by atomic mass is 9.87. The van der Waals surface area contributed by atoms with Crippen LogP contribution in [-0.2, 0) is 9.53 Å². The number of phenolic OH excluding ortho intramolecular Hbond substituents is 1. The Morgan fingerprint density at radius 3 is 2.94 bits per heavy atom. The van der Waals surface area contributed by atoms with E-state index in [9.17, 15) is 9.90 Å². The van der Waals surface area contributed by atoms with Crippen molar-refractivity contribution < 1.29 is 14.6 Å². The zero-order valence-electron chi connectivity index (χ0n) is 10.4. The molecule has 5 heteroatoms. The SMILES string of the molecule is COCC1(C(=O)Nc2ccccc2O)CCNC1. The molecule has 3 N–H and O–H groups in total. The lowest BCUT2D eigenvalue weighted by molar-refractivity contribution is -0.127. The minimum absolute atomic E-state index is 0.0735. The van der Waals surface area contributed by atoms with E-state index in [1.165, 1.54) is 0 Å². The third-order valence-electron chi connectivity index (χ3n) is 3.30. The van der Waals surface area contributed by atoms with E-state index in [1.54, 1.807) is 31.4 Å². The number of hydrogen-bond donors (Lipinski definition) is 3. The van der Waals surface area contributed by atoms with Crippen molar-refractivity contribution >= 4 is 11.6 Å². The van der Waals surface area contributed by atoms with Crippen molar-refractivity contribution in [3.05, 3.63) is 24.3 Å². The number of phenols is 1. The number of para-hydroxylation sites is 2. The van der Waals surface area contributed by atoms with Crippen molar-refractivity contribution in [3.8, 4) is 5.75 Å². The van der Waals surface area contributed by atoms with Gasteiger partial charge in [-0.2, -0.15) is 0 Å². The maximum Gasteiger partial charge on any atom is 0.234 e. The maximum atomic E-state index is 12.3. The van der Waals surface area contributed by atoms with Gasteiger partial charge in [-0.05, 0) is 25.1 Å². The number of carbonyl (C=O) groups is 1. The highest BCUT2D eigenvalue weighted by Gasteiger charge is 2.41. The summed E-state index contributed by atoms with van der Waals surface area (Å²) in [5.41, 5.74) is -0.110. The van der Waals surface area contributed by atoms with Crippen molar-refractivity contribution in [1.29, 1.82) is 0 Å². The molecule has 1 fully saturated rings. The molecule has 1 aliphatic heterocycles. The molecule has 1 amide bonds. The van der Waals surface area contributed by atoms with Crippen LogP contribution in [0.5, 0.6) is 5.75 Å². The second kappa shape index (κ2) is 5.37. The molecule has 1 saturated heterocycles. The molecule has 1 heterocycles. The molecule has 0 saturated carbocycles. The van der Waals surface area contributed by atoms with Crippen molar-refractivity contribution in [2.45, 2.75) is 6.42 Å². The monoisotopic (exact) mass is 250 g/mol.